The summed E-state index contributed by atoms with van der Waals surface area (Å²) >= 11 is 0. The van der Waals surface area contributed by atoms with E-state index < -0.39 is 10.0 Å². The molecule has 1 heterocycles. The SMILES string of the molecule is COc1ccc(S(=O)(=O)N(CC(=O)NCc2cccc(CN3CCCC3)c2)c2ccc(C)cc2)cc1. The summed E-state index contributed by atoms with van der Waals surface area (Å²) in [5.41, 5.74) is 3.63. The van der Waals surface area contributed by atoms with Gasteiger partial charge in [-0.15, -0.1) is 0 Å². The van der Waals surface area contributed by atoms with Gasteiger partial charge in [0.05, 0.1) is 17.7 Å². The molecule has 7 nitrogen and oxygen atoms in total. The lowest BCUT2D eigenvalue weighted by molar-refractivity contribution is -0.119. The molecule has 8 heteroatoms. The second-order valence-corrected chi connectivity index (χ2v) is 11.0. The van der Waals surface area contributed by atoms with E-state index in [9.17, 15) is 13.2 Å². The number of likely N-dealkylation sites (tertiary alicyclic amines) is 1. The van der Waals surface area contributed by atoms with Crippen molar-refractivity contribution in [2.45, 2.75) is 37.8 Å². The molecule has 0 unspecified atom stereocenters. The van der Waals surface area contributed by atoms with Crippen LogP contribution in [-0.2, 0) is 27.9 Å². The molecule has 1 amide bonds. The number of sulfonamides is 1. The smallest absolute Gasteiger partial charge is 0.264 e. The highest BCUT2D eigenvalue weighted by Crippen LogP contribution is 2.25. The summed E-state index contributed by atoms with van der Waals surface area (Å²) in [5, 5.41) is 2.89. The van der Waals surface area contributed by atoms with Gasteiger partial charge in [-0.3, -0.25) is 14.0 Å². The van der Waals surface area contributed by atoms with Gasteiger partial charge in [-0.25, -0.2) is 8.42 Å². The Labute approximate surface area is 213 Å². The van der Waals surface area contributed by atoms with Crippen LogP contribution in [0.4, 0.5) is 5.69 Å². The third-order valence-corrected chi connectivity index (χ3v) is 8.13. The van der Waals surface area contributed by atoms with Gasteiger partial charge in [0.25, 0.3) is 10.0 Å². The molecule has 1 saturated heterocycles. The van der Waals surface area contributed by atoms with Gasteiger partial charge in [0.15, 0.2) is 0 Å². The minimum absolute atomic E-state index is 0.0892. The molecule has 1 aliphatic rings. The molecule has 1 N–H and O–H groups in total. The van der Waals surface area contributed by atoms with E-state index in [4.69, 9.17) is 4.74 Å². The average Bonchev–Trinajstić information content (AvgIpc) is 3.40. The first kappa shape index (κ1) is 25.7. The maximum absolute atomic E-state index is 13.5. The van der Waals surface area contributed by atoms with Crippen molar-refractivity contribution >= 4 is 21.6 Å². The largest absolute Gasteiger partial charge is 0.497 e. The van der Waals surface area contributed by atoms with Crippen molar-refractivity contribution in [2.24, 2.45) is 0 Å². The Morgan fingerprint density at radius 1 is 0.972 bits per heavy atom. The number of nitrogens with zero attached hydrogens (tertiary/aromatic N) is 2. The second kappa shape index (κ2) is 11.6. The number of nitrogens with one attached hydrogen (secondary N) is 1. The fourth-order valence-corrected chi connectivity index (χ4v) is 5.75. The monoisotopic (exact) mass is 507 g/mol. The van der Waals surface area contributed by atoms with Gasteiger partial charge >= 0.3 is 0 Å². The normalized spacial score (nSPS) is 13.9. The topological polar surface area (TPSA) is 79.0 Å². The molecule has 0 atom stereocenters. The van der Waals surface area contributed by atoms with Crippen LogP contribution in [0.25, 0.3) is 0 Å². The number of hydrogen-bond acceptors (Lipinski definition) is 5. The summed E-state index contributed by atoms with van der Waals surface area (Å²) in [6.07, 6.45) is 2.49. The number of amides is 1. The molecular weight excluding hydrogens is 474 g/mol. The van der Waals surface area contributed by atoms with Gasteiger partial charge in [-0.05, 0) is 80.4 Å². The van der Waals surface area contributed by atoms with E-state index in [0.717, 1.165) is 35.1 Å². The van der Waals surface area contributed by atoms with Crippen molar-refractivity contribution in [3.05, 3.63) is 89.5 Å². The van der Waals surface area contributed by atoms with Crippen molar-refractivity contribution < 1.29 is 17.9 Å². The lowest BCUT2D eigenvalue weighted by atomic mass is 10.1. The highest BCUT2D eigenvalue weighted by molar-refractivity contribution is 7.92. The highest BCUT2D eigenvalue weighted by atomic mass is 32.2. The zero-order valence-electron chi connectivity index (χ0n) is 20.8. The summed E-state index contributed by atoms with van der Waals surface area (Å²) in [6, 6.07) is 21.4. The van der Waals surface area contributed by atoms with E-state index in [1.165, 1.54) is 37.6 Å². The number of anilines is 1. The van der Waals surface area contributed by atoms with Crippen molar-refractivity contribution in [1.29, 1.82) is 0 Å². The van der Waals surface area contributed by atoms with Crippen molar-refractivity contribution in [3.63, 3.8) is 0 Å². The number of aryl methyl sites for hydroxylation is 1. The van der Waals surface area contributed by atoms with Crippen molar-refractivity contribution in [1.82, 2.24) is 10.2 Å². The van der Waals surface area contributed by atoms with Crippen molar-refractivity contribution in [2.75, 3.05) is 31.0 Å². The number of rotatable bonds is 10. The van der Waals surface area contributed by atoms with Crippen LogP contribution in [0.3, 0.4) is 0 Å². The molecule has 0 bridgehead atoms. The van der Waals surface area contributed by atoms with Crippen LogP contribution in [0.2, 0.25) is 0 Å². The van der Waals surface area contributed by atoms with Crippen LogP contribution in [0.1, 0.15) is 29.5 Å². The van der Waals surface area contributed by atoms with Crippen LogP contribution < -0.4 is 14.4 Å². The summed E-state index contributed by atoms with van der Waals surface area (Å²) < 4.78 is 33.4. The van der Waals surface area contributed by atoms with Gasteiger partial charge < -0.3 is 10.1 Å². The Kier molecular flexibility index (Phi) is 8.28. The zero-order valence-corrected chi connectivity index (χ0v) is 21.6. The first-order valence-corrected chi connectivity index (χ1v) is 13.6. The third kappa shape index (κ3) is 6.44. The second-order valence-electron chi connectivity index (χ2n) is 9.10. The Morgan fingerprint density at radius 3 is 2.31 bits per heavy atom. The molecular formula is C28H33N3O4S. The van der Waals surface area contributed by atoms with Crippen LogP contribution >= 0.6 is 0 Å². The van der Waals surface area contributed by atoms with Crippen LogP contribution in [0.15, 0.2) is 77.7 Å². The van der Waals surface area contributed by atoms with E-state index in [-0.39, 0.29) is 17.3 Å². The summed E-state index contributed by atoms with van der Waals surface area (Å²) in [7, 11) is -2.46. The molecule has 3 aromatic carbocycles. The molecule has 3 aromatic rings. The third-order valence-electron chi connectivity index (χ3n) is 6.34. The highest BCUT2D eigenvalue weighted by Gasteiger charge is 2.27. The minimum atomic E-state index is -3.98. The average molecular weight is 508 g/mol. The predicted octanol–water partition coefficient (Wildman–Crippen LogP) is 4.11. The van der Waals surface area contributed by atoms with E-state index >= 15 is 0 Å². The fourth-order valence-electron chi connectivity index (χ4n) is 4.32. The van der Waals surface area contributed by atoms with Crippen LogP contribution in [-0.4, -0.2) is 46.0 Å². The van der Waals surface area contributed by atoms with Gasteiger partial charge in [0.2, 0.25) is 5.91 Å². The molecule has 36 heavy (non-hydrogen) atoms. The standard InChI is InChI=1S/C28H33N3O4S/c1-22-8-10-25(11-9-22)31(36(33,34)27-14-12-26(35-2)13-15-27)21-28(32)29-19-23-6-5-7-24(18-23)20-30-16-3-4-17-30/h5-15,18H,3-4,16-17,19-21H2,1-2H3,(H,29,32). The first-order valence-electron chi connectivity index (χ1n) is 12.2. The summed E-state index contributed by atoms with van der Waals surface area (Å²) in [4.78, 5) is 15.5. The molecule has 4 rings (SSSR count). The van der Waals surface area contributed by atoms with E-state index in [1.54, 1.807) is 24.3 Å². The Morgan fingerprint density at radius 2 is 1.64 bits per heavy atom. The number of hydrogen-bond donors (Lipinski definition) is 1. The molecule has 0 aromatic heterocycles. The van der Waals surface area contributed by atoms with Gasteiger partial charge in [-0.2, -0.15) is 0 Å². The van der Waals surface area contributed by atoms with Crippen LogP contribution in [0.5, 0.6) is 5.75 Å². The first-order chi connectivity index (χ1) is 17.3. The lowest BCUT2D eigenvalue weighted by Gasteiger charge is -2.24. The number of ether oxygens (including phenoxy) is 1. The van der Waals surface area contributed by atoms with Crippen LogP contribution in [0, 0.1) is 6.92 Å². The van der Waals surface area contributed by atoms with Gasteiger partial charge in [0.1, 0.15) is 12.3 Å². The number of methoxy groups -OCH3 is 1. The molecule has 0 saturated carbocycles. The maximum Gasteiger partial charge on any atom is 0.264 e. The number of carbonyl (C=O) groups excluding carboxylic acids is 1. The fraction of sp³-hybridized carbons (Fsp3) is 0.321. The zero-order chi connectivity index (χ0) is 25.5. The molecule has 0 aliphatic carbocycles. The van der Waals surface area contributed by atoms with Gasteiger partial charge in [-0.1, -0.05) is 42.0 Å². The molecule has 1 fully saturated rings. The molecule has 1 aliphatic heterocycles. The molecule has 0 spiro atoms. The Balaban J connectivity index is 1.48. The molecule has 0 radical (unpaired) electrons. The van der Waals surface area contributed by atoms with E-state index in [0.29, 0.717) is 18.0 Å². The van der Waals surface area contributed by atoms with E-state index in [2.05, 4.69) is 22.3 Å². The van der Waals surface area contributed by atoms with Gasteiger partial charge in [0, 0.05) is 13.1 Å². The predicted molar refractivity (Wildman–Crippen MR) is 142 cm³/mol. The Hall–Kier alpha value is -3.36. The lowest BCUT2D eigenvalue weighted by Crippen LogP contribution is -2.40. The molecule has 190 valence electrons. The Bertz CT molecular complexity index is 1270. The summed E-state index contributed by atoms with van der Waals surface area (Å²) in [5.74, 6) is 0.179. The van der Waals surface area contributed by atoms with E-state index in [1.807, 2.05) is 31.2 Å². The quantitative estimate of drug-likeness (QED) is 0.447. The number of carbonyl (C=O) groups is 1. The summed E-state index contributed by atoms with van der Waals surface area (Å²) in [6.45, 7) is 5.08. The minimum Gasteiger partial charge on any atom is -0.497 e. The van der Waals surface area contributed by atoms with Crippen molar-refractivity contribution in [3.8, 4) is 5.75 Å². The number of benzene rings is 3. The maximum atomic E-state index is 13.5.